The van der Waals surface area contributed by atoms with Crippen molar-refractivity contribution in [1.82, 2.24) is 0 Å². The lowest BCUT2D eigenvalue weighted by molar-refractivity contribution is -0.119. The normalized spacial score (nSPS) is 10.2. The van der Waals surface area contributed by atoms with Gasteiger partial charge in [0.25, 0.3) is 5.91 Å². The summed E-state index contributed by atoms with van der Waals surface area (Å²) in [6, 6.07) is 10.6. The second-order valence-electron chi connectivity index (χ2n) is 5.12. The summed E-state index contributed by atoms with van der Waals surface area (Å²) in [5, 5.41) is 2.75. The monoisotopic (exact) mass is 376 g/mol. The number of aryl methyl sites for hydroxylation is 2. The van der Waals surface area contributed by atoms with Crippen LogP contribution in [0.25, 0.3) is 0 Å². The van der Waals surface area contributed by atoms with Gasteiger partial charge in [-0.3, -0.25) is 4.79 Å². The van der Waals surface area contributed by atoms with Crippen molar-refractivity contribution < 1.29 is 14.3 Å². The third kappa shape index (κ3) is 4.32. The molecule has 23 heavy (non-hydrogen) atoms. The predicted molar refractivity (Wildman–Crippen MR) is 93.4 cm³/mol. The van der Waals surface area contributed by atoms with Gasteiger partial charge in [0, 0.05) is 15.8 Å². The van der Waals surface area contributed by atoms with E-state index in [4.69, 9.17) is 10.5 Å². The molecule has 0 spiro atoms. The molecule has 2 aromatic carbocycles. The number of carbonyl (C=O) groups is 2. The van der Waals surface area contributed by atoms with Crippen LogP contribution in [0.3, 0.4) is 0 Å². The molecule has 0 aromatic heterocycles. The number of nitrogens with one attached hydrogen (secondary N) is 1. The highest BCUT2D eigenvalue weighted by Crippen LogP contribution is 2.20. The van der Waals surface area contributed by atoms with Gasteiger partial charge in [0.1, 0.15) is 0 Å². The van der Waals surface area contributed by atoms with Crippen LogP contribution in [0, 0.1) is 13.8 Å². The van der Waals surface area contributed by atoms with Crippen molar-refractivity contribution in [3.05, 3.63) is 57.6 Å². The number of hydrogen-bond donors (Lipinski definition) is 2. The molecule has 0 saturated carbocycles. The van der Waals surface area contributed by atoms with E-state index in [1.807, 2.05) is 32.0 Å². The molecule has 0 heterocycles. The van der Waals surface area contributed by atoms with E-state index in [9.17, 15) is 9.59 Å². The number of hydrogen-bond acceptors (Lipinski definition) is 4. The van der Waals surface area contributed by atoms with Crippen molar-refractivity contribution >= 4 is 39.2 Å². The molecule has 0 fully saturated rings. The number of rotatable bonds is 4. The van der Waals surface area contributed by atoms with E-state index in [0.717, 1.165) is 16.8 Å². The lowest BCUT2D eigenvalue weighted by atomic mass is 10.1. The maximum atomic E-state index is 12.0. The molecule has 0 saturated heterocycles. The minimum atomic E-state index is -0.638. The Balaban J connectivity index is 1.99. The summed E-state index contributed by atoms with van der Waals surface area (Å²) in [6.07, 6.45) is 0. The van der Waals surface area contributed by atoms with Gasteiger partial charge in [0.05, 0.1) is 5.56 Å². The summed E-state index contributed by atoms with van der Waals surface area (Å²) in [5.41, 5.74) is 8.88. The second-order valence-corrected chi connectivity index (χ2v) is 6.04. The number of esters is 1. The number of halogens is 1. The van der Waals surface area contributed by atoms with Crippen LogP contribution >= 0.6 is 15.9 Å². The largest absolute Gasteiger partial charge is 0.452 e. The van der Waals surface area contributed by atoms with Crippen molar-refractivity contribution in [3.8, 4) is 0 Å². The molecule has 0 aliphatic heterocycles. The molecular weight excluding hydrogens is 360 g/mol. The molecule has 0 aliphatic carbocycles. The molecular formula is C17H17BrN2O3. The van der Waals surface area contributed by atoms with Crippen LogP contribution in [0.5, 0.6) is 0 Å². The van der Waals surface area contributed by atoms with Gasteiger partial charge in [-0.25, -0.2) is 4.79 Å². The molecule has 2 aromatic rings. The fourth-order valence-corrected chi connectivity index (χ4v) is 2.46. The summed E-state index contributed by atoms with van der Waals surface area (Å²) in [6.45, 7) is 3.42. The average molecular weight is 377 g/mol. The first-order chi connectivity index (χ1) is 10.9. The van der Waals surface area contributed by atoms with Gasteiger partial charge < -0.3 is 15.8 Å². The number of ether oxygens (including phenoxy) is 1. The number of anilines is 2. The Morgan fingerprint density at radius 1 is 1.17 bits per heavy atom. The minimum Gasteiger partial charge on any atom is -0.452 e. The fourth-order valence-electron chi connectivity index (χ4n) is 2.10. The SMILES string of the molecule is Cc1cccc(C)c1NC(=O)COC(=O)c1cc(Br)ccc1N. The maximum absolute atomic E-state index is 12.0. The van der Waals surface area contributed by atoms with Gasteiger partial charge in [-0.05, 0) is 43.2 Å². The molecule has 6 heteroatoms. The van der Waals surface area contributed by atoms with Crippen LogP contribution in [0.4, 0.5) is 11.4 Å². The Morgan fingerprint density at radius 2 is 1.83 bits per heavy atom. The van der Waals surface area contributed by atoms with Crippen molar-refractivity contribution in [2.75, 3.05) is 17.7 Å². The zero-order valence-electron chi connectivity index (χ0n) is 12.9. The smallest absolute Gasteiger partial charge is 0.340 e. The zero-order chi connectivity index (χ0) is 17.0. The van der Waals surface area contributed by atoms with Gasteiger partial charge in [-0.2, -0.15) is 0 Å². The number of nitrogen functional groups attached to an aromatic ring is 1. The summed E-state index contributed by atoms with van der Waals surface area (Å²) < 4.78 is 5.73. The first kappa shape index (κ1) is 17.0. The van der Waals surface area contributed by atoms with Crippen LogP contribution in [-0.4, -0.2) is 18.5 Å². The van der Waals surface area contributed by atoms with Gasteiger partial charge >= 0.3 is 5.97 Å². The lowest BCUT2D eigenvalue weighted by Gasteiger charge is -2.12. The van der Waals surface area contributed by atoms with E-state index in [0.29, 0.717) is 10.2 Å². The van der Waals surface area contributed by atoms with E-state index >= 15 is 0 Å². The molecule has 2 rings (SSSR count). The Kier molecular flexibility index (Phi) is 5.39. The van der Waals surface area contributed by atoms with E-state index in [2.05, 4.69) is 21.2 Å². The number of carbonyl (C=O) groups excluding carboxylic acids is 2. The fraction of sp³-hybridized carbons (Fsp3) is 0.176. The van der Waals surface area contributed by atoms with Crippen molar-refractivity contribution in [3.63, 3.8) is 0 Å². The summed E-state index contributed by atoms with van der Waals surface area (Å²) in [4.78, 5) is 24.0. The molecule has 0 radical (unpaired) electrons. The van der Waals surface area contributed by atoms with Crippen molar-refractivity contribution in [2.24, 2.45) is 0 Å². The Hall–Kier alpha value is -2.34. The highest BCUT2D eigenvalue weighted by atomic mass is 79.9. The standard InChI is InChI=1S/C17H17BrN2O3/c1-10-4-3-5-11(2)16(10)20-15(21)9-23-17(22)13-8-12(18)6-7-14(13)19/h3-8H,9,19H2,1-2H3,(H,20,21). The van der Waals surface area contributed by atoms with Gasteiger partial charge in [0.2, 0.25) is 0 Å². The average Bonchev–Trinajstić information content (AvgIpc) is 2.51. The molecule has 0 bridgehead atoms. The van der Waals surface area contributed by atoms with Crippen LogP contribution in [0.15, 0.2) is 40.9 Å². The van der Waals surface area contributed by atoms with E-state index in [-0.39, 0.29) is 12.2 Å². The van der Waals surface area contributed by atoms with Gasteiger partial charge in [-0.1, -0.05) is 34.1 Å². The van der Waals surface area contributed by atoms with Gasteiger partial charge in [-0.15, -0.1) is 0 Å². The van der Waals surface area contributed by atoms with E-state index in [1.165, 1.54) is 0 Å². The molecule has 3 N–H and O–H groups in total. The summed E-state index contributed by atoms with van der Waals surface area (Å²) in [7, 11) is 0. The zero-order valence-corrected chi connectivity index (χ0v) is 14.4. The van der Waals surface area contributed by atoms with E-state index < -0.39 is 11.9 Å². The minimum absolute atomic E-state index is 0.222. The Labute approximate surface area is 143 Å². The number of nitrogens with two attached hydrogens (primary N) is 1. The first-order valence-electron chi connectivity index (χ1n) is 6.96. The molecule has 0 unspecified atom stereocenters. The number of benzene rings is 2. The Bertz CT molecular complexity index is 739. The number of amides is 1. The summed E-state index contributed by atoms with van der Waals surface area (Å²) >= 11 is 3.26. The topological polar surface area (TPSA) is 81.4 Å². The molecule has 0 atom stereocenters. The highest BCUT2D eigenvalue weighted by Gasteiger charge is 2.14. The predicted octanol–water partition coefficient (Wildman–Crippen LogP) is 3.44. The lowest BCUT2D eigenvalue weighted by Crippen LogP contribution is -2.22. The highest BCUT2D eigenvalue weighted by molar-refractivity contribution is 9.10. The van der Waals surface area contributed by atoms with Gasteiger partial charge in [0.15, 0.2) is 6.61 Å². The van der Waals surface area contributed by atoms with Crippen LogP contribution in [0.2, 0.25) is 0 Å². The van der Waals surface area contributed by atoms with Crippen LogP contribution in [-0.2, 0) is 9.53 Å². The van der Waals surface area contributed by atoms with Crippen molar-refractivity contribution in [1.29, 1.82) is 0 Å². The quantitative estimate of drug-likeness (QED) is 0.632. The molecule has 120 valence electrons. The van der Waals surface area contributed by atoms with Crippen LogP contribution in [0.1, 0.15) is 21.5 Å². The third-order valence-corrected chi connectivity index (χ3v) is 3.81. The second kappa shape index (κ2) is 7.28. The molecule has 1 amide bonds. The van der Waals surface area contributed by atoms with E-state index in [1.54, 1.807) is 18.2 Å². The summed E-state index contributed by atoms with van der Waals surface area (Å²) in [5.74, 6) is -1.04. The third-order valence-electron chi connectivity index (χ3n) is 3.32. The number of para-hydroxylation sites is 1. The molecule has 5 nitrogen and oxygen atoms in total. The Morgan fingerprint density at radius 3 is 2.48 bits per heavy atom. The van der Waals surface area contributed by atoms with Crippen molar-refractivity contribution in [2.45, 2.75) is 13.8 Å². The maximum Gasteiger partial charge on any atom is 0.340 e. The molecule has 0 aliphatic rings. The first-order valence-corrected chi connectivity index (χ1v) is 7.76. The van der Waals surface area contributed by atoms with Crippen LogP contribution < -0.4 is 11.1 Å².